The van der Waals surface area contributed by atoms with E-state index in [2.05, 4.69) is 46.0 Å². The number of hydrazine groups is 1. The molecule has 3 N–H and O–H groups in total. The summed E-state index contributed by atoms with van der Waals surface area (Å²) in [5, 5.41) is 0. The van der Waals surface area contributed by atoms with Gasteiger partial charge in [-0.15, -0.1) is 0 Å². The molecule has 7 heteroatoms. The summed E-state index contributed by atoms with van der Waals surface area (Å²) in [5.41, 5.74) is 2.81. The highest BCUT2D eigenvalue weighted by Crippen LogP contribution is 2.21. The summed E-state index contributed by atoms with van der Waals surface area (Å²) >= 11 is 0. The Kier molecular flexibility index (Phi) is 4.97. The van der Waals surface area contributed by atoms with Crippen molar-refractivity contribution in [1.82, 2.24) is 14.9 Å². The maximum Gasteiger partial charge on any atom is 0.158 e. The van der Waals surface area contributed by atoms with Crippen molar-refractivity contribution in [3.63, 3.8) is 0 Å². The second kappa shape index (κ2) is 6.55. The van der Waals surface area contributed by atoms with E-state index in [1.807, 2.05) is 6.07 Å². The van der Waals surface area contributed by atoms with Gasteiger partial charge in [0.2, 0.25) is 0 Å². The molecule has 0 aliphatic carbocycles. The van der Waals surface area contributed by atoms with Crippen molar-refractivity contribution in [3.8, 4) is 0 Å². The van der Waals surface area contributed by atoms with Crippen molar-refractivity contribution in [2.75, 3.05) is 43.6 Å². The summed E-state index contributed by atoms with van der Waals surface area (Å²) in [5.74, 6) is 7.64. The van der Waals surface area contributed by atoms with E-state index in [-0.39, 0.29) is 5.54 Å². The van der Waals surface area contributed by atoms with Crippen molar-refractivity contribution < 1.29 is 4.74 Å². The number of hydrogen-bond donors (Lipinski definition) is 2. The number of ether oxygens (including phenoxy) is 1. The second-order valence-electron chi connectivity index (χ2n) is 6.25. The lowest BCUT2D eigenvalue weighted by Gasteiger charge is -2.42. The van der Waals surface area contributed by atoms with Crippen LogP contribution in [0.1, 0.15) is 26.6 Å². The van der Waals surface area contributed by atoms with Gasteiger partial charge in [-0.05, 0) is 20.8 Å². The predicted molar refractivity (Wildman–Crippen MR) is 84.1 cm³/mol. The van der Waals surface area contributed by atoms with Crippen LogP contribution in [0.3, 0.4) is 0 Å². The second-order valence-corrected chi connectivity index (χ2v) is 6.25. The van der Waals surface area contributed by atoms with Crippen LogP contribution in [0.5, 0.6) is 0 Å². The maximum atomic E-state index is 5.48. The highest BCUT2D eigenvalue weighted by Gasteiger charge is 2.26. The van der Waals surface area contributed by atoms with Crippen molar-refractivity contribution in [2.24, 2.45) is 5.84 Å². The smallest absolute Gasteiger partial charge is 0.158 e. The number of hydrogen-bond acceptors (Lipinski definition) is 7. The van der Waals surface area contributed by atoms with E-state index in [4.69, 9.17) is 10.6 Å². The van der Waals surface area contributed by atoms with Gasteiger partial charge in [0, 0.05) is 44.9 Å². The van der Waals surface area contributed by atoms with Crippen molar-refractivity contribution in [1.29, 1.82) is 0 Å². The summed E-state index contributed by atoms with van der Waals surface area (Å²) in [7, 11) is 1.63. The normalized spacial score (nSPS) is 17.1. The molecule has 7 nitrogen and oxygen atoms in total. The number of anilines is 2. The molecule has 0 atom stereocenters. The maximum absolute atomic E-state index is 5.48. The summed E-state index contributed by atoms with van der Waals surface area (Å²) in [6.07, 6.45) is 0. The fourth-order valence-electron chi connectivity index (χ4n) is 2.52. The van der Waals surface area contributed by atoms with Crippen LogP contribution < -0.4 is 16.2 Å². The van der Waals surface area contributed by atoms with Gasteiger partial charge in [-0.2, -0.15) is 0 Å². The molecule has 0 amide bonds. The lowest BCUT2D eigenvalue weighted by atomic mass is 10.1. The van der Waals surface area contributed by atoms with E-state index >= 15 is 0 Å². The SMILES string of the molecule is COCc1nc(NN)cc(N2CCN(C(C)(C)C)CC2)n1. The number of piperazine rings is 1. The number of nitrogens with zero attached hydrogens (tertiary/aromatic N) is 4. The summed E-state index contributed by atoms with van der Waals surface area (Å²) in [6, 6.07) is 1.88. The average molecular weight is 294 g/mol. The quantitative estimate of drug-likeness (QED) is 0.629. The van der Waals surface area contributed by atoms with Crippen molar-refractivity contribution in [2.45, 2.75) is 32.9 Å². The van der Waals surface area contributed by atoms with Crippen LogP contribution in [0.2, 0.25) is 0 Å². The molecule has 0 bridgehead atoms. The van der Waals surface area contributed by atoms with Crippen LogP contribution >= 0.6 is 0 Å². The van der Waals surface area contributed by atoms with Gasteiger partial charge in [0.15, 0.2) is 5.82 Å². The van der Waals surface area contributed by atoms with Crippen LogP contribution in [0, 0.1) is 0 Å². The molecule has 1 fully saturated rings. The molecule has 1 aliphatic heterocycles. The van der Waals surface area contributed by atoms with Gasteiger partial charge in [0.1, 0.15) is 18.2 Å². The van der Waals surface area contributed by atoms with Crippen LogP contribution in [-0.4, -0.2) is 53.7 Å². The first-order valence-electron chi connectivity index (χ1n) is 7.27. The summed E-state index contributed by atoms with van der Waals surface area (Å²) in [4.78, 5) is 13.6. The molecule has 0 spiro atoms. The van der Waals surface area contributed by atoms with E-state index in [1.165, 1.54) is 0 Å². The lowest BCUT2D eigenvalue weighted by molar-refractivity contribution is 0.128. The van der Waals surface area contributed by atoms with Gasteiger partial charge in [0.05, 0.1) is 0 Å². The van der Waals surface area contributed by atoms with Crippen LogP contribution in [0.4, 0.5) is 11.6 Å². The molecule has 21 heavy (non-hydrogen) atoms. The fourth-order valence-corrected chi connectivity index (χ4v) is 2.52. The number of rotatable bonds is 4. The van der Waals surface area contributed by atoms with E-state index in [1.54, 1.807) is 7.11 Å². The van der Waals surface area contributed by atoms with E-state index in [0.717, 1.165) is 32.0 Å². The first-order chi connectivity index (χ1) is 9.94. The molecule has 1 aliphatic rings. The highest BCUT2D eigenvalue weighted by atomic mass is 16.5. The largest absolute Gasteiger partial charge is 0.377 e. The molecule has 1 aromatic rings. The number of aromatic nitrogens is 2. The minimum Gasteiger partial charge on any atom is -0.377 e. The first kappa shape index (κ1) is 15.9. The van der Waals surface area contributed by atoms with Gasteiger partial charge in [-0.3, -0.25) is 4.90 Å². The third-order valence-corrected chi connectivity index (χ3v) is 3.73. The Balaban J connectivity index is 2.10. The predicted octanol–water partition coefficient (Wildman–Crippen LogP) is 0.829. The van der Waals surface area contributed by atoms with E-state index < -0.39 is 0 Å². The molecule has 0 radical (unpaired) electrons. The van der Waals surface area contributed by atoms with Crippen LogP contribution in [0.15, 0.2) is 6.07 Å². The Bertz CT molecular complexity index is 465. The molecule has 118 valence electrons. The van der Waals surface area contributed by atoms with Gasteiger partial charge in [-0.1, -0.05) is 0 Å². The van der Waals surface area contributed by atoms with E-state index in [0.29, 0.717) is 18.2 Å². The minimum atomic E-state index is 0.211. The number of nitrogens with two attached hydrogens (primary N) is 1. The zero-order chi connectivity index (χ0) is 15.5. The number of methoxy groups -OCH3 is 1. The number of nitrogens with one attached hydrogen (secondary N) is 1. The molecule has 0 saturated carbocycles. The van der Waals surface area contributed by atoms with Crippen molar-refractivity contribution in [3.05, 3.63) is 11.9 Å². The number of nitrogen functional groups attached to an aromatic ring is 1. The molecule has 2 rings (SSSR count). The summed E-state index contributed by atoms with van der Waals surface area (Å²) < 4.78 is 5.11. The van der Waals surface area contributed by atoms with Gasteiger partial charge >= 0.3 is 0 Å². The van der Waals surface area contributed by atoms with Gasteiger partial charge in [-0.25, -0.2) is 15.8 Å². The molecule has 1 saturated heterocycles. The third-order valence-electron chi connectivity index (χ3n) is 3.73. The standard InChI is InChI=1S/C14H26N6O/c1-14(2,3)20-7-5-19(6-8-20)13-9-11(18-15)16-12(17-13)10-21-4/h9H,5-8,10,15H2,1-4H3,(H,16,17,18). The zero-order valence-electron chi connectivity index (χ0n) is 13.4. The Morgan fingerprint density at radius 2 is 1.90 bits per heavy atom. The van der Waals surface area contributed by atoms with Crippen LogP contribution in [0.25, 0.3) is 0 Å². The Morgan fingerprint density at radius 1 is 1.24 bits per heavy atom. The molecule has 2 heterocycles. The Hall–Kier alpha value is -1.44. The Morgan fingerprint density at radius 3 is 2.43 bits per heavy atom. The minimum absolute atomic E-state index is 0.211. The van der Waals surface area contributed by atoms with E-state index in [9.17, 15) is 0 Å². The highest BCUT2D eigenvalue weighted by molar-refractivity contribution is 5.49. The molecule has 0 aromatic carbocycles. The molecular formula is C14H26N6O. The van der Waals surface area contributed by atoms with Crippen LogP contribution in [-0.2, 0) is 11.3 Å². The molecule has 1 aromatic heterocycles. The topological polar surface area (TPSA) is 79.5 Å². The third kappa shape index (κ3) is 4.03. The fraction of sp³-hybridized carbons (Fsp3) is 0.714. The lowest BCUT2D eigenvalue weighted by Crippen LogP contribution is -2.53. The molecule has 0 unspecified atom stereocenters. The van der Waals surface area contributed by atoms with Gasteiger partial charge in [0.25, 0.3) is 0 Å². The monoisotopic (exact) mass is 294 g/mol. The molecular weight excluding hydrogens is 268 g/mol. The average Bonchev–Trinajstić information content (AvgIpc) is 2.46. The first-order valence-corrected chi connectivity index (χ1v) is 7.27. The zero-order valence-corrected chi connectivity index (χ0v) is 13.4. The summed E-state index contributed by atoms with van der Waals surface area (Å²) in [6.45, 7) is 11.1. The Labute approximate surface area is 126 Å². The van der Waals surface area contributed by atoms with Gasteiger partial charge < -0.3 is 15.1 Å². The van der Waals surface area contributed by atoms with Crippen molar-refractivity contribution >= 4 is 11.6 Å².